The minimum atomic E-state index is 0.868. The second-order valence-electron chi connectivity index (χ2n) is 5.95. The van der Waals surface area contributed by atoms with Crippen LogP contribution in [0.5, 0.6) is 0 Å². The van der Waals surface area contributed by atoms with Gasteiger partial charge in [0, 0.05) is 0 Å². The standard InChI is InChI=1S/C18H28/c1-3-5-15-7-11-17(12-8-15)18-13-9-16(6-4-2)10-14-18/h3-6,15,18H,7-14H2,1-2H3. The average Bonchev–Trinajstić information content (AvgIpc) is 2.41. The third-order valence-corrected chi connectivity index (χ3v) is 4.74. The Morgan fingerprint density at radius 1 is 0.833 bits per heavy atom. The molecule has 2 fully saturated rings. The lowest BCUT2D eigenvalue weighted by atomic mass is 9.69. The maximum atomic E-state index is 2.41. The first-order valence-corrected chi connectivity index (χ1v) is 7.78. The minimum Gasteiger partial charge on any atom is -0.0914 e. The molecule has 100 valence electrons. The predicted octanol–water partition coefficient (Wildman–Crippen LogP) is 5.67. The van der Waals surface area contributed by atoms with Crippen molar-refractivity contribution >= 4 is 0 Å². The van der Waals surface area contributed by atoms with E-state index in [1.54, 1.807) is 5.92 Å². The van der Waals surface area contributed by atoms with Gasteiger partial charge in [-0.05, 0) is 88.9 Å². The fraction of sp³-hybridized carbons (Fsp3) is 0.667. The summed E-state index contributed by atoms with van der Waals surface area (Å²) in [5.74, 6) is 5.39. The van der Waals surface area contributed by atoms with Crippen molar-refractivity contribution in [3.8, 4) is 0 Å². The van der Waals surface area contributed by atoms with Crippen molar-refractivity contribution in [3.63, 3.8) is 0 Å². The van der Waals surface area contributed by atoms with Crippen LogP contribution in [0, 0.1) is 23.7 Å². The molecule has 0 heterocycles. The molecule has 18 heavy (non-hydrogen) atoms. The largest absolute Gasteiger partial charge is 0.0914 e. The van der Waals surface area contributed by atoms with Crippen LogP contribution >= 0.6 is 0 Å². The van der Waals surface area contributed by atoms with E-state index < -0.39 is 0 Å². The van der Waals surface area contributed by atoms with Gasteiger partial charge in [-0.2, -0.15) is 0 Å². The molecule has 0 aromatic carbocycles. The van der Waals surface area contributed by atoms with E-state index in [1.807, 2.05) is 5.92 Å². The maximum absolute atomic E-state index is 2.41. The van der Waals surface area contributed by atoms with Gasteiger partial charge in [-0.15, -0.1) is 0 Å². The molecule has 0 amide bonds. The summed E-state index contributed by atoms with van der Waals surface area (Å²) in [7, 11) is 0. The molecule has 0 spiro atoms. The fourth-order valence-corrected chi connectivity index (χ4v) is 3.68. The summed E-state index contributed by atoms with van der Waals surface area (Å²) in [4.78, 5) is 0. The summed E-state index contributed by atoms with van der Waals surface area (Å²) < 4.78 is 0. The molecule has 0 atom stereocenters. The highest BCUT2D eigenvalue weighted by atomic mass is 14.3. The number of hydrogen-bond donors (Lipinski definition) is 0. The zero-order chi connectivity index (χ0) is 12.8. The zero-order valence-electron chi connectivity index (χ0n) is 12.1. The van der Waals surface area contributed by atoms with Crippen molar-refractivity contribution < 1.29 is 0 Å². The Kier molecular flexibility index (Phi) is 5.53. The third kappa shape index (κ3) is 3.73. The van der Waals surface area contributed by atoms with Gasteiger partial charge in [0.25, 0.3) is 0 Å². The summed E-state index contributed by atoms with van der Waals surface area (Å²) >= 11 is 0. The molecule has 0 N–H and O–H groups in total. The smallest absolute Gasteiger partial charge is 0.00272 e. The lowest BCUT2D eigenvalue weighted by Gasteiger charge is -2.36. The first-order chi connectivity index (χ1) is 8.83. The van der Waals surface area contributed by atoms with E-state index in [4.69, 9.17) is 0 Å². The van der Waals surface area contributed by atoms with Crippen molar-refractivity contribution in [2.75, 3.05) is 0 Å². The number of hydrogen-bond acceptors (Lipinski definition) is 0. The molecular formula is C18H28. The van der Waals surface area contributed by atoms with Crippen molar-refractivity contribution in [2.45, 2.75) is 65.2 Å². The summed E-state index contributed by atoms with van der Waals surface area (Å²) in [6, 6.07) is 0. The van der Waals surface area contributed by atoms with Gasteiger partial charge in [0.05, 0.1) is 0 Å². The molecular weight excluding hydrogens is 216 g/mol. The molecule has 0 aromatic rings. The Hall–Kier alpha value is -0.520. The highest BCUT2D eigenvalue weighted by Crippen LogP contribution is 2.43. The van der Waals surface area contributed by atoms with Gasteiger partial charge < -0.3 is 0 Å². The van der Waals surface area contributed by atoms with Gasteiger partial charge in [0.2, 0.25) is 0 Å². The van der Waals surface area contributed by atoms with Crippen LogP contribution in [-0.2, 0) is 0 Å². The van der Waals surface area contributed by atoms with Crippen LogP contribution in [-0.4, -0.2) is 0 Å². The van der Waals surface area contributed by atoms with Gasteiger partial charge in [-0.3, -0.25) is 0 Å². The summed E-state index contributed by atoms with van der Waals surface area (Å²) in [6.07, 6.45) is 20.3. The molecule has 2 aliphatic rings. The van der Waals surface area contributed by atoms with E-state index in [-0.39, 0.29) is 0 Å². The Morgan fingerprint density at radius 2 is 1.50 bits per heavy atom. The molecule has 0 aromatic heterocycles. The molecule has 0 heteroatoms. The van der Waals surface area contributed by atoms with Gasteiger partial charge >= 0.3 is 0 Å². The monoisotopic (exact) mass is 244 g/mol. The minimum absolute atomic E-state index is 0.868. The normalized spacial score (nSPS) is 26.6. The van der Waals surface area contributed by atoms with Crippen LogP contribution in [0.3, 0.4) is 0 Å². The van der Waals surface area contributed by atoms with Crippen molar-refractivity contribution in [3.05, 3.63) is 36.1 Å². The first-order valence-electron chi connectivity index (χ1n) is 7.78. The second-order valence-corrected chi connectivity index (χ2v) is 5.95. The summed E-state index contributed by atoms with van der Waals surface area (Å²) in [5.41, 5.74) is 0. The summed E-state index contributed by atoms with van der Waals surface area (Å²) in [6.45, 7) is 4.29. The van der Waals surface area contributed by atoms with Crippen LogP contribution in [0.2, 0.25) is 0 Å². The van der Waals surface area contributed by atoms with Gasteiger partial charge in [-0.1, -0.05) is 24.3 Å². The number of allylic oxidation sites excluding steroid dienone is 4. The van der Waals surface area contributed by atoms with Gasteiger partial charge in [-0.25, -0.2) is 0 Å². The highest BCUT2D eigenvalue weighted by molar-refractivity contribution is 5.14. The van der Waals surface area contributed by atoms with Gasteiger partial charge in [0.15, 0.2) is 0 Å². The third-order valence-electron chi connectivity index (χ3n) is 4.74. The van der Waals surface area contributed by atoms with Gasteiger partial charge in [0.1, 0.15) is 0 Å². The molecule has 0 nitrogen and oxygen atoms in total. The molecule has 0 unspecified atom stereocenters. The SMILES string of the molecule is CC=C[C]1CCC([C]2CCC(C=CC)CC2)CC1. The topological polar surface area (TPSA) is 0 Å². The molecule has 0 bridgehead atoms. The van der Waals surface area contributed by atoms with E-state index in [0.717, 1.165) is 11.8 Å². The Bertz CT molecular complexity index is 240. The molecule has 2 aliphatic carbocycles. The maximum Gasteiger partial charge on any atom is -0.00272 e. The molecule has 2 rings (SSSR count). The van der Waals surface area contributed by atoms with E-state index in [1.165, 1.54) is 51.4 Å². The lowest BCUT2D eigenvalue weighted by Crippen LogP contribution is -2.23. The van der Waals surface area contributed by atoms with Crippen LogP contribution in [0.15, 0.2) is 24.3 Å². The Morgan fingerprint density at radius 3 is 2.06 bits per heavy atom. The predicted molar refractivity (Wildman–Crippen MR) is 80.0 cm³/mol. The molecule has 0 aliphatic heterocycles. The number of rotatable bonds is 3. The van der Waals surface area contributed by atoms with E-state index >= 15 is 0 Å². The van der Waals surface area contributed by atoms with Crippen LogP contribution in [0.1, 0.15) is 65.2 Å². The fourth-order valence-electron chi connectivity index (χ4n) is 3.68. The van der Waals surface area contributed by atoms with E-state index in [0.29, 0.717) is 0 Å². The average molecular weight is 244 g/mol. The second kappa shape index (κ2) is 7.16. The molecule has 2 radical (unpaired) electrons. The van der Waals surface area contributed by atoms with Crippen LogP contribution in [0.4, 0.5) is 0 Å². The lowest BCUT2D eigenvalue weighted by molar-refractivity contribution is 0.320. The molecule has 2 saturated carbocycles. The highest BCUT2D eigenvalue weighted by Gasteiger charge is 2.30. The zero-order valence-corrected chi connectivity index (χ0v) is 12.1. The first kappa shape index (κ1) is 13.9. The van der Waals surface area contributed by atoms with Crippen molar-refractivity contribution in [2.24, 2.45) is 11.8 Å². The van der Waals surface area contributed by atoms with Crippen molar-refractivity contribution in [1.82, 2.24) is 0 Å². The van der Waals surface area contributed by atoms with E-state index in [2.05, 4.69) is 38.2 Å². The Labute approximate surface area is 114 Å². The summed E-state index contributed by atoms with van der Waals surface area (Å²) in [5, 5.41) is 0. The Balaban J connectivity index is 1.74. The van der Waals surface area contributed by atoms with Crippen molar-refractivity contribution in [1.29, 1.82) is 0 Å². The van der Waals surface area contributed by atoms with Crippen LogP contribution in [0.25, 0.3) is 0 Å². The van der Waals surface area contributed by atoms with E-state index in [9.17, 15) is 0 Å². The van der Waals surface area contributed by atoms with Crippen LogP contribution < -0.4 is 0 Å². The quantitative estimate of drug-likeness (QED) is 0.561. The molecule has 0 saturated heterocycles.